The zero-order valence-electron chi connectivity index (χ0n) is 10.7. The Balaban J connectivity index is 2.32. The first-order valence-corrected chi connectivity index (χ1v) is 5.86. The minimum Gasteiger partial charge on any atom is -0.494 e. The Labute approximate surface area is 114 Å². The van der Waals surface area contributed by atoms with Crippen molar-refractivity contribution >= 4 is 23.0 Å². The number of nitrogen functional groups attached to an aromatic ring is 1. The third-order valence-corrected chi connectivity index (χ3v) is 2.44. The summed E-state index contributed by atoms with van der Waals surface area (Å²) in [4.78, 5) is 17.8. The number of nitrogens with one attached hydrogen (secondary N) is 1. The minimum atomic E-state index is -0.621. The molecule has 0 spiro atoms. The molecule has 1 aromatic heterocycles. The number of nitrogens with zero attached hydrogens (tertiary/aromatic N) is 3. The van der Waals surface area contributed by atoms with Crippen molar-refractivity contribution < 1.29 is 9.66 Å². The van der Waals surface area contributed by atoms with Crippen LogP contribution in [0.15, 0.2) is 30.6 Å². The molecule has 1 heterocycles. The van der Waals surface area contributed by atoms with Crippen LogP contribution in [-0.4, -0.2) is 21.5 Å². The number of hydrogen-bond acceptors (Lipinski definition) is 7. The van der Waals surface area contributed by atoms with Crippen LogP contribution >= 0.6 is 0 Å². The van der Waals surface area contributed by atoms with Crippen LogP contribution in [0, 0.1) is 10.1 Å². The fourth-order valence-electron chi connectivity index (χ4n) is 1.63. The van der Waals surface area contributed by atoms with Gasteiger partial charge in [-0.05, 0) is 19.1 Å². The summed E-state index contributed by atoms with van der Waals surface area (Å²) in [6.07, 6.45) is 1.16. The van der Waals surface area contributed by atoms with Crippen molar-refractivity contribution in [2.24, 2.45) is 0 Å². The lowest BCUT2D eigenvalue weighted by atomic mass is 10.3. The molecule has 0 atom stereocenters. The molecule has 1 aromatic carbocycles. The van der Waals surface area contributed by atoms with Crippen molar-refractivity contribution in [3.8, 4) is 5.75 Å². The second-order valence-corrected chi connectivity index (χ2v) is 3.80. The third kappa shape index (κ3) is 2.91. The number of benzene rings is 1. The fraction of sp³-hybridized carbons (Fsp3) is 0.167. The van der Waals surface area contributed by atoms with E-state index in [0.29, 0.717) is 18.0 Å². The first kappa shape index (κ1) is 13.5. The van der Waals surface area contributed by atoms with Crippen molar-refractivity contribution in [1.82, 2.24) is 9.97 Å². The van der Waals surface area contributed by atoms with E-state index in [1.807, 2.05) is 6.92 Å². The molecule has 0 radical (unpaired) electrons. The molecule has 0 aliphatic heterocycles. The standard InChI is InChI=1S/C12H13N5O3/c1-2-20-9-5-3-4-8(6-9)16-12-10(17(18)19)11(13)14-7-15-12/h3-7H,2H2,1H3,(H3,13,14,15,16). The van der Waals surface area contributed by atoms with Crippen LogP contribution in [0.1, 0.15) is 6.92 Å². The van der Waals surface area contributed by atoms with Gasteiger partial charge >= 0.3 is 5.69 Å². The van der Waals surface area contributed by atoms with E-state index in [1.54, 1.807) is 24.3 Å². The highest BCUT2D eigenvalue weighted by molar-refractivity contribution is 5.72. The van der Waals surface area contributed by atoms with Gasteiger partial charge < -0.3 is 15.8 Å². The second kappa shape index (κ2) is 5.83. The SMILES string of the molecule is CCOc1cccc(Nc2ncnc(N)c2[N+](=O)[O-])c1. The van der Waals surface area contributed by atoms with E-state index in [0.717, 1.165) is 6.33 Å². The van der Waals surface area contributed by atoms with E-state index >= 15 is 0 Å². The monoisotopic (exact) mass is 275 g/mol. The molecule has 0 amide bonds. The van der Waals surface area contributed by atoms with Gasteiger partial charge in [-0.25, -0.2) is 9.97 Å². The van der Waals surface area contributed by atoms with Crippen LogP contribution in [0.4, 0.5) is 23.0 Å². The number of nitro groups is 1. The number of hydrogen-bond donors (Lipinski definition) is 2. The topological polar surface area (TPSA) is 116 Å². The molecule has 2 aromatic rings. The Kier molecular flexibility index (Phi) is 3.94. The number of rotatable bonds is 5. The van der Waals surface area contributed by atoms with E-state index < -0.39 is 4.92 Å². The first-order valence-electron chi connectivity index (χ1n) is 5.86. The summed E-state index contributed by atoms with van der Waals surface area (Å²) in [5, 5.41) is 13.8. The van der Waals surface area contributed by atoms with Crippen LogP contribution in [-0.2, 0) is 0 Å². The van der Waals surface area contributed by atoms with Gasteiger partial charge in [0.25, 0.3) is 0 Å². The molecule has 0 bridgehead atoms. The molecule has 8 nitrogen and oxygen atoms in total. The van der Waals surface area contributed by atoms with E-state index in [-0.39, 0.29) is 17.3 Å². The highest BCUT2D eigenvalue weighted by Crippen LogP contribution is 2.29. The molecule has 3 N–H and O–H groups in total. The van der Waals surface area contributed by atoms with Gasteiger partial charge in [0.2, 0.25) is 11.6 Å². The summed E-state index contributed by atoms with van der Waals surface area (Å²) >= 11 is 0. The Bertz CT molecular complexity index is 632. The van der Waals surface area contributed by atoms with Crippen LogP contribution in [0.2, 0.25) is 0 Å². The van der Waals surface area contributed by atoms with Gasteiger partial charge in [0.05, 0.1) is 11.5 Å². The number of nitrogens with two attached hydrogens (primary N) is 1. The zero-order valence-corrected chi connectivity index (χ0v) is 10.7. The summed E-state index contributed by atoms with van der Waals surface area (Å²) in [7, 11) is 0. The molecular weight excluding hydrogens is 262 g/mol. The Hall–Kier alpha value is -2.90. The van der Waals surface area contributed by atoms with Gasteiger partial charge in [-0.1, -0.05) is 6.07 Å². The third-order valence-electron chi connectivity index (χ3n) is 2.44. The first-order chi connectivity index (χ1) is 9.61. The summed E-state index contributed by atoms with van der Waals surface area (Å²) in [6, 6.07) is 7.01. The normalized spacial score (nSPS) is 10.1. The van der Waals surface area contributed by atoms with Crippen molar-refractivity contribution in [3.63, 3.8) is 0 Å². The molecule has 104 valence electrons. The highest BCUT2D eigenvalue weighted by Gasteiger charge is 2.20. The number of anilines is 3. The van der Waals surface area contributed by atoms with Crippen LogP contribution in [0.25, 0.3) is 0 Å². The number of ether oxygens (including phenoxy) is 1. The average molecular weight is 275 g/mol. The molecule has 8 heteroatoms. The van der Waals surface area contributed by atoms with Gasteiger partial charge in [0.1, 0.15) is 12.1 Å². The second-order valence-electron chi connectivity index (χ2n) is 3.80. The van der Waals surface area contributed by atoms with E-state index in [1.165, 1.54) is 0 Å². The lowest BCUT2D eigenvalue weighted by Crippen LogP contribution is -2.05. The quantitative estimate of drug-likeness (QED) is 0.634. The van der Waals surface area contributed by atoms with Gasteiger partial charge in [-0.2, -0.15) is 0 Å². The molecule has 0 aliphatic carbocycles. The molecule has 2 rings (SSSR count). The Morgan fingerprint density at radius 1 is 1.45 bits per heavy atom. The van der Waals surface area contributed by atoms with E-state index in [2.05, 4.69) is 15.3 Å². The molecule has 0 unspecified atom stereocenters. The van der Waals surface area contributed by atoms with Crippen molar-refractivity contribution in [2.45, 2.75) is 6.92 Å². The average Bonchev–Trinajstić information content (AvgIpc) is 2.39. The van der Waals surface area contributed by atoms with E-state index in [4.69, 9.17) is 10.5 Å². The molecular formula is C12H13N5O3. The lowest BCUT2D eigenvalue weighted by Gasteiger charge is -2.08. The largest absolute Gasteiger partial charge is 0.494 e. The zero-order chi connectivity index (χ0) is 14.5. The van der Waals surface area contributed by atoms with Crippen molar-refractivity contribution in [2.75, 3.05) is 17.7 Å². The Morgan fingerprint density at radius 2 is 2.25 bits per heavy atom. The van der Waals surface area contributed by atoms with Crippen LogP contribution < -0.4 is 15.8 Å². The lowest BCUT2D eigenvalue weighted by molar-refractivity contribution is -0.383. The van der Waals surface area contributed by atoms with Crippen LogP contribution in [0.5, 0.6) is 5.75 Å². The fourth-order valence-corrected chi connectivity index (χ4v) is 1.63. The summed E-state index contributed by atoms with van der Waals surface area (Å²) in [5.74, 6) is 0.506. The minimum absolute atomic E-state index is 0.0381. The molecule has 0 saturated carbocycles. The van der Waals surface area contributed by atoms with Crippen LogP contribution in [0.3, 0.4) is 0 Å². The maximum absolute atomic E-state index is 11.0. The molecule has 0 saturated heterocycles. The Morgan fingerprint density at radius 3 is 2.95 bits per heavy atom. The maximum atomic E-state index is 11.0. The van der Waals surface area contributed by atoms with Gasteiger partial charge in [0, 0.05) is 11.8 Å². The smallest absolute Gasteiger partial charge is 0.353 e. The summed E-state index contributed by atoms with van der Waals surface area (Å²) in [5.41, 5.74) is 5.75. The molecule has 0 fully saturated rings. The molecule has 0 aliphatic rings. The van der Waals surface area contributed by atoms with Gasteiger partial charge in [0.15, 0.2) is 0 Å². The van der Waals surface area contributed by atoms with E-state index in [9.17, 15) is 10.1 Å². The van der Waals surface area contributed by atoms with Crippen molar-refractivity contribution in [3.05, 3.63) is 40.7 Å². The summed E-state index contributed by atoms with van der Waals surface area (Å²) in [6.45, 7) is 2.40. The van der Waals surface area contributed by atoms with Gasteiger partial charge in [-0.3, -0.25) is 10.1 Å². The van der Waals surface area contributed by atoms with Crippen molar-refractivity contribution in [1.29, 1.82) is 0 Å². The number of aromatic nitrogens is 2. The predicted molar refractivity (Wildman–Crippen MR) is 74.0 cm³/mol. The predicted octanol–water partition coefficient (Wildman–Crippen LogP) is 2.11. The maximum Gasteiger partial charge on any atom is 0.353 e. The highest BCUT2D eigenvalue weighted by atomic mass is 16.6. The molecule has 20 heavy (non-hydrogen) atoms. The summed E-state index contributed by atoms with van der Waals surface area (Å²) < 4.78 is 5.35. The van der Waals surface area contributed by atoms with Gasteiger partial charge in [-0.15, -0.1) is 0 Å².